The fourth-order valence-electron chi connectivity index (χ4n) is 4.92. The van der Waals surface area contributed by atoms with Gasteiger partial charge in [-0.25, -0.2) is 4.98 Å². The summed E-state index contributed by atoms with van der Waals surface area (Å²) in [7, 11) is 0. The molecular formula is C18H24N2O2S. The molecule has 23 heavy (non-hydrogen) atoms. The van der Waals surface area contributed by atoms with Crippen LogP contribution in [0, 0.1) is 16.7 Å². The predicted molar refractivity (Wildman–Crippen MR) is 90.8 cm³/mol. The van der Waals surface area contributed by atoms with Crippen molar-refractivity contribution in [2.24, 2.45) is 16.7 Å². The highest BCUT2D eigenvalue weighted by molar-refractivity contribution is 8.00. The molecule has 1 aromatic heterocycles. The molecule has 4 rings (SSSR count). The van der Waals surface area contributed by atoms with E-state index in [1.165, 1.54) is 11.8 Å². The van der Waals surface area contributed by atoms with Crippen LogP contribution in [0.15, 0.2) is 9.95 Å². The minimum absolute atomic E-state index is 0.00258. The Kier molecular flexibility index (Phi) is 3.32. The molecule has 0 radical (unpaired) electrons. The Morgan fingerprint density at radius 1 is 1.17 bits per heavy atom. The lowest BCUT2D eigenvalue weighted by atomic mass is 9.71. The number of aryl methyl sites for hydroxylation is 1. The molecule has 1 aromatic rings. The number of H-pyrrole nitrogens is 1. The van der Waals surface area contributed by atoms with E-state index in [2.05, 4.69) is 30.7 Å². The number of nitrogens with zero attached hydrogens (tertiary/aromatic N) is 1. The molecule has 124 valence electrons. The molecule has 1 N–H and O–H groups in total. The van der Waals surface area contributed by atoms with E-state index in [-0.39, 0.29) is 27.6 Å². The number of fused-ring (bicyclic) bond motifs is 3. The Labute approximate surface area is 140 Å². The third-order valence-corrected chi connectivity index (χ3v) is 8.28. The average molecular weight is 332 g/mol. The van der Waals surface area contributed by atoms with E-state index in [9.17, 15) is 9.59 Å². The Balaban J connectivity index is 1.68. The lowest BCUT2D eigenvalue weighted by Crippen LogP contribution is -2.36. The lowest BCUT2D eigenvalue weighted by Gasteiger charge is -2.37. The molecule has 3 aliphatic rings. The maximum atomic E-state index is 12.8. The van der Waals surface area contributed by atoms with E-state index in [1.54, 1.807) is 0 Å². The van der Waals surface area contributed by atoms with Gasteiger partial charge in [0.25, 0.3) is 5.56 Å². The maximum Gasteiger partial charge on any atom is 0.254 e. The molecule has 2 fully saturated rings. The highest BCUT2D eigenvalue weighted by atomic mass is 32.2. The molecule has 3 unspecified atom stereocenters. The van der Waals surface area contributed by atoms with Crippen LogP contribution < -0.4 is 5.56 Å². The molecular weight excluding hydrogens is 308 g/mol. The normalized spacial score (nSPS) is 34.7. The van der Waals surface area contributed by atoms with Gasteiger partial charge in [0.1, 0.15) is 5.78 Å². The lowest BCUT2D eigenvalue weighted by molar-refractivity contribution is -0.122. The first-order chi connectivity index (χ1) is 10.8. The quantitative estimate of drug-likeness (QED) is 0.845. The van der Waals surface area contributed by atoms with Gasteiger partial charge in [-0.05, 0) is 49.4 Å². The second kappa shape index (κ2) is 4.95. The predicted octanol–water partition coefficient (Wildman–Crippen LogP) is 3.13. The summed E-state index contributed by atoms with van der Waals surface area (Å²) in [5, 5.41) is 0.555. The zero-order valence-corrected chi connectivity index (χ0v) is 14.9. The average Bonchev–Trinajstić information content (AvgIpc) is 2.81. The largest absolute Gasteiger partial charge is 0.301 e. The van der Waals surface area contributed by atoms with Crippen molar-refractivity contribution in [1.82, 2.24) is 9.97 Å². The standard InChI is InChI=1S/C18H24N2O2S/c1-17(2)11-8-9-18(17,3)14(13(11)21)23-16-19-12-7-5-4-6-10(12)15(22)20-16/h11,14H,4-9H2,1-3H3,(H,19,20,22). The summed E-state index contributed by atoms with van der Waals surface area (Å²) >= 11 is 1.49. The molecule has 3 aliphatic carbocycles. The Morgan fingerprint density at radius 3 is 2.61 bits per heavy atom. The van der Waals surface area contributed by atoms with Crippen molar-refractivity contribution in [2.45, 2.75) is 69.7 Å². The number of aromatic nitrogens is 2. The summed E-state index contributed by atoms with van der Waals surface area (Å²) in [6.07, 6.45) is 5.98. The van der Waals surface area contributed by atoms with Gasteiger partial charge in [0.05, 0.1) is 10.9 Å². The summed E-state index contributed by atoms with van der Waals surface area (Å²) in [6.45, 7) is 6.70. The van der Waals surface area contributed by atoms with E-state index in [1.807, 2.05) is 0 Å². The molecule has 1 heterocycles. The highest BCUT2D eigenvalue weighted by Crippen LogP contribution is 2.67. The van der Waals surface area contributed by atoms with Crippen molar-refractivity contribution in [1.29, 1.82) is 0 Å². The third kappa shape index (κ3) is 2.01. The van der Waals surface area contributed by atoms with E-state index in [4.69, 9.17) is 0 Å². The Bertz CT molecular complexity index is 739. The van der Waals surface area contributed by atoms with Crippen molar-refractivity contribution in [3.05, 3.63) is 21.6 Å². The number of hydrogen-bond acceptors (Lipinski definition) is 4. The van der Waals surface area contributed by atoms with Crippen LogP contribution in [0.3, 0.4) is 0 Å². The molecule has 3 atom stereocenters. The van der Waals surface area contributed by atoms with Crippen molar-refractivity contribution in [3.8, 4) is 0 Å². The fourth-order valence-corrected chi connectivity index (χ4v) is 6.42. The second-order valence-electron chi connectivity index (χ2n) is 8.13. The zero-order chi connectivity index (χ0) is 16.4. The monoisotopic (exact) mass is 332 g/mol. The van der Waals surface area contributed by atoms with Crippen LogP contribution in [0.2, 0.25) is 0 Å². The number of Topliss-reactive ketones (excluding diaryl/α,β-unsaturated/α-hetero) is 1. The van der Waals surface area contributed by atoms with Crippen LogP contribution in [0.4, 0.5) is 0 Å². The molecule has 5 heteroatoms. The Morgan fingerprint density at radius 2 is 1.91 bits per heavy atom. The van der Waals surface area contributed by atoms with Gasteiger partial charge in [-0.2, -0.15) is 0 Å². The summed E-state index contributed by atoms with van der Waals surface area (Å²) in [5.74, 6) is 0.517. The van der Waals surface area contributed by atoms with E-state index >= 15 is 0 Å². The van der Waals surface area contributed by atoms with Crippen LogP contribution in [0.25, 0.3) is 0 Å². The molecule has 0 aliphatic heterocycles. The smallest absolute Gasteiger partial charge is 0.254 e. The van der Waals surface area contributed by atoms with Gasteiger partial charge >= 0.3 is 0 Å². The van der Waals surface area contributed by atoms with Crippen molar-refractivity contribution in [3.63, 3.8) is 0 Å². The van der Waals surface area contributed by atoms with Gasteiger partial charge in [-0.15, -0.1) is 0 Å². The summed E-state index contributed by atoms with van der Waals surface area (Å²) < 4.78 is 0. The molecule has 0 spiro atoms. The number of nitrogens with one attached hydrogen (secondary N) is 1. The van der Waals surface area contributed by atoms with Gasteiger partial charge < -0.3 is 4.98 Å². The summed E-state index contributed by atoms with van der Waals surface area (Å²) in [6, 6.07) is 0. The molecule has 2 saturated carbocycles. The van der Waals surface area contributed by atoms with E-state index in [0.29, 0.717) is 10.9 Å². The molecule has 0 amide bonds. The first-order valence-corrected chi connectivity index (χ1v) is 9.55. The van der Waals surface area contributed by atoms with Crippen LogP contribution in [0.5, 0.6) is 0 Å². The molecule has 4 nitrogen and oxygen atoms in total. The van der Waals surface area contributed by atoms with Crippen molar-refractivity contribution < 1.29 is 4.79 Å². The van der Waals surface area contributed by atoms with E-state index < -0.39 is 0 Å². The molecule has 0 saturated heterocycles. The minimum Gasteiger partial charge on any atom is -0.301 e. The molecule has 0 aromatic carbocycles. The first kappa shape index (κ1) is 15.4. The van der Waals surface area contributed by atoms with E-state index in [0.717, 1.165) is 49.8 Å². The third-order valence-electron chi connectivity index (χ3n) is 6.88. The van der Waals surface area contributed by atoms with Crippen LogP contribution in [0.1, 0.15) is 57.7 Å². The van der Waals surface area contributed by atoms with Crippen molar-refractivity contribution in [2.75, 3.05) is 0 Å². The van der Waals surface area contributed by atoms with Crippen LogP contribution in [-0.2, 0) is 17.6 Å². The maximum absolute atomic E-state index is 12.8. The summed E-state index contributed by atoms with van der Waals surface area (Å²) in [4.78, 5) is 32.8. The van der Waals surface area contributed by atoms with Gasteiger partial charge in [-0.1, -0.05) is 32.5 Å². The minimum atomic E-state index is -0.0824. The van der Waals surface area contributed by atoms with Crippen LogP contribution >= 0.6 is 11.8 Å². The number of hydrogen-bond donors (Lipinski definition) is 1. The number of carbonyl (C=O) groups excluding carboxylic acids is 1. The van der Waals surface area contributed by atoms with Crippen molar-refractivity contribution >= 4 is 17.5 Å². The van der Waals surface area contributed by atoms with Gasteiger partial charge in [0.15, 0.2) is 5.16 Å². The zero-order valence-electron chi connectivity index (χ0n) is 14.1. The Hall–Kier alpha value is -1.10. The number of ketones is 1. The number of aromatic amines is 1. The van der Waals surface area contributed by atoms with Gasteiger partial charge in [-0.3, -0.25) is 9.59 Å². The van der Waals surface area contributed by atoms with Crippen LogP contribution in [-0.4, -0.2) is 21.0 Å². The number of rotatable bonds is 2. The molecule has 2 bridgehead atoms. The SMILES string of the molecule is CC1(C)C2CCC1(C)C(Sc1nc3c(c(=O)[nH]1)CCCC3)C2=O. The van der Waals surface area contributed by atoms with Gasteiger partial charge in [0, 0.05) is 11.5 Å². The van der Waals surface area contributed by atoms with Gasteiger partial charge in [0.2, 0.25) is 0 Å². The fraction of sp³-hybridized carbons (Fsp3) is 0.722. The first-order valence-electron chi connectivity index (χ1n) is 8.67. The topological polar surface area (TPSA) is 62.8 Å². The number of thioether (sulfide) groups is 1. The summed E-state index contributed by atoms with van der Waals surface area (Å²) in [5.41, 5.74) is 1.83. The number of carbonyl (C=O) groups is 1. The highest BCUT2D eigenvalue weighted by Gasteiger charge is 2.66. The second-order valence-corrected chi connectivity index (χ2v) is 9.23.